The van der Waals surface area contributed by atoms with E-state index >= 15 is 0 Å². The lowest BCUT2D eigenvalue weighted by molar-refractivity contribution is 0.237. The monoisotopic (exact) mass is 245 g/mol. The number of aryl methyl sites for hydroxylation is 1. The molecule has 0 amide bonds. The van der Waals surface area contributed by atoms with E-state index in [0.717, 1.165) is 12.3 Å². The highest BCUT2D eigenvalue weighted by atomic mass is 16.5. The van der Waals surface area contributed by atoms with E-state index in [1.807, 2.05) is 0 Å². The zero-order valence-corrected chi connectivity index (χ0v) is 11.7. The van der Waals surface area contributed by atoms with Gasteiger partial charge in [-0.1, -0.05) is 6.07 Å². The molecule has 1 spiro atoms. The molecule has 1 saturated heterocycles. The molecular weight excluding hydrogens is 222 g/mol. The first-order valence-corrected chi connectivity index (χ1v) is 7.01. The predicted octanol–water partition coefficient (Wildman–Crippen LogP) is 3.04. The summed E-state index contributed by atoms with van der Waals surface area (Å²) >= 11 is 0. The summed E-state index contributed by atoms with van der Waals surface area (Å²) in [7, 11) is 1.75. The van der Waals surface area contributed by atoms with Crippen molar-refractivity contribution in [3.8, 4) is 5.75 Å². The van der Waals surface area contributed by atoms with Crippen LogP contribution in [-0.4, -0.2) is 19.2 Å². The normalized spacial score (nSPS) is 29.3. The number of nitrogens with one attached hydrogen (secondary N) is 1. The molecular formula is C16H23NO. The highest BCUT2D eigenvalue weighted by Gasteiger charge is 2.51. The second-order valence-corrected chi connectivity index (χ2v) is 6.26. The van der Waals surface area contributed by atoms with Crippen molar-refractivity contribution in [2.75, 3.05) is 13.7 Å². The van der Waals surface area contributed by atoms with Crippen LogP contribution in [0.2, 0.25) is 0 Å². The fraction of sp³-hybridized carbons (Fsp3) is 0.625. The second-order valence-electron chi connectivity index (χ2n) is 6.26. The fourth-order valence-electron chi connectivity index (χ4n) is 4.06. The van der Waals surface area contributed by atoms with Gasteiger partial charge >= 0.3 is 0 Å². The predicted molar refractivity (Wildman–Crippen MR) is 74.3 cm³/mol. The average Bonchev–Trinajstić information content (AvgIpc) is 2.65. The molecule has 2 heteroatoms. The van der Waals surface area contributed by atoms with Crippen molar-refractivity contribution in [2.24, 2.45) is 0 Å². The molecule has 0 bridgehead atoms. The number of rotatable bonds is 1. The van der Waals surface area contributed by atoms with Gasteiger partial charge in [-0.05, 0) is 69.3 Å². The van der Waals surface area contributed by atoms with Gasteiger partial charge in [0.25, 0.3) is 0 Å². The van der Waals surface area contributed by atoms with Gasteiger partial charge < -0.3 is 10.1 Å². The van der Waals surface area contributed by atoms with Crippen molar-refractivity contribution in [1.29, 1.82) is 0 Å². The summed E-state index contributed by atoms with van der Waals surface area (Å²) in [6.45, 7) is 5.86. The standard InChI is InChI=1S/C16H23NO/c1-15(2)16(9-10-17-15)8-4-5-12-11-13(18-3)6-7-14(12)16/h6-7,11,17H,4-5,8-10H2,1-3H3. The van der Waals surface area contributed by atoms with Crippen molar-refractivity contribution < 1.29 is 4.74 Å². The molecule has 98 valence electrons. The van der Waals surface area contributed by atoms with Crippen LogP contribution in [0.15, 0.2) is 18.2 Å². The molecule has 1 atom stereocenters. The minimum absolute atomic E-state index is 0.205. The van der Waals surface area contributed by atoms with E-state index in [4.69, 9.17) is 4.74 Å². The molecule has 1 heterocycles. The van der Waals surface area contributed by atoms with Crippen molar-refractivity contribution in [1.82, 2.24) is 5.32 Å². The molecule has 2 nitrogen and oxygen atoms in total. The summed E-state index contributed by atoms with van der Waals surface area (Å²) in [4.78, 5) is 0. The highest BCUT2D eigenvalue weighted by Crippen LogP contribution is 2.50. The third kappa shape index (κ3) is 1.51. The van der Waals surface area contributed by atoms with Gasteiger partial charge in [0.05, 0.1) is 7.11 Å². The minimum Gasteiger partial charge on any atom is -0.497 e. The topological polar surface area (TPSA) is 21.3 Å². The molecule has 1 aromatic carbocycles. The fourth-order valence-corrected chi connectivity index (χ4v) is 4.06. The molecule has 2 aliphatic rings. The van der Waals surface area contributed by atoms with Crippen LogP contribution in [0.4, 0.5) is 0 Å². The molecule has 1 N–H and O–H groups in total. The minimum atomic E-state index is 0.205. The number of fused-ring (bicyclic) bond motifs is 2. The second kappa shape index (κ2) is 3.99. The van der Waals surface area contributed by atoms with Crippen LogP contribution >= 0.6 is 0 Å². The summed E-state index contributed by atoms with van der Waals surface area (Å²) in [6.07, 6.45) is 5.07. The van der Waals surface area contributed by atoms with E-state index < -0.39 is 0 Å². The van der Waals surface area contributed by atoms with Crippen LogP contribution < -0.4 is 10.1 Å². The molecule has 1 aliphatic carbocycles. The zero-order valence-electron chi connectivity index (χ0n) is 11.7. The van der Waals surface area contributed by atoms with Gasteiger partial charge in [-0.15, -0.1) is 0 Å². The van der Waals surface area contributed by atoms with Crippen LogP contribution in [-0.2, 0) is 11.8 Å². The third-order valence-electron chi connectivity index (χ3n) is 5.19. The largest absolute Gasteiger partial charge is 0.497 e. The van der Waals surface area contributed by atoms with E-state index in [9.17, 15) is 0 Å². The summed E-state index contributed by atoms with van der Waals surface area (Å²) in [5, 5.41) is 3.69. The van der Waals surface area contributed by atoms with Crippen LogP contribution in [0.1, 0.15) is 44.2 Å². The van der Waals surface area contributed by atoms with Gasteiger partial charge in [-0.3, -0.25) is 0 Å². The molecule has 0 radical (unpaired) electrons. The molecule has 0 saturated carbocycles. The van der Waals surface area contributed by atoms with Crippen LogP contribution in [0.25, 0.3) is 0 Å². The summed E-state index contributed by atoms with van der Waals surface area (Å²) < 4.78 is 5.37. The van der Waals surface area contributed by atoms with Crippen molar-refractivity contribution in [3.63, 3.8) is 0 Å². The maximum atomic E-state index is 5.37. The Balaban J connectivity index is 2.12. The molecule has 1 unspecified atom stereocenters. The Labute approximate surface area is 110 Å². The number of benzene rings is 1. The van der Waals surface area contributed by atoms with E-state index in [0.29, 0.717) is 5.41 Å². The lowest BCUT2D eigenvalue weighted by Crippen LogP contribution is -2.51. The lowest BCUT2D eigenvalue weighted by atomic mass is 9.61. The summed E-state index contributed by atoms with van der Waals surface area (Å²) in [5.41, 5.74) is 3.59. The molecule has 3 rings (SSSR count). The van der Waals surface area contributed by atoms with Crippen LogP contribution in [0.3, 0.4) is 0 Å². The Morgan fingerprint density at radius 2 is 2.06 bits per heavy atom. The number of hydrogen-bond donors (Lipinski definition) is 1. The Bertz CT molecular complexity index is 466. The molecule has 1 fully saturated rings. The maximum Gasteiger partial charge on any atom is 0.119 e. The van der Waals surface area contributed by atoms with Crippen molar-refractivity contribution in [3.05, 3.63) is 29.3 Å². The Kier molecular flexibility index (Phi) is 2.67. The van der Waals surface area contributed by atoms with E-state index in [1.165, 1.54) is 31.2 Å². The summed E-state index contributed by atoms with van der Waals surface area (Å²) in [6, 6.07) is 6.67. The average molecular weight is 245 g/mol. The highest BCUT2D eigenvalue weighted by molar-refractivity contribution is 5.45. The van der Waals surface area contributed by atoms with Gasteiger partial charge in [0.2, 0.25) is 0 Å². The lowest BCUT2D eigenvalue weighted by Gasteiger charge is -2.45. The van der Waals surface area contributed by atoms with Gasteiger partial charge in [-0.2, -0.15) is 0 Å². The SMILES string of the molecule is COc1ccc2c(c1)CCCC21CCNC1(C)C. The van der Waals surface area contributed by atoms with Gasteiger partial charge in [-0.25, -0.2) is 0 Å². The van der Waals surface area contributed by atoms with Crippen molar-refractivity contribution in [2.45, 2.75) is 50.5 Å². The van der Waals surface area contributed by atoms with E-state index in [1.54, 1.807) is 12.7 Å². The number of ether oxygens (including phenoxy) is 1. The molecule has 1 aromatic rings. The van der Waals surface area contributed by atoms with E-state index in [2.05, 4.69) is 37.4 Å². The zero-order chi connectivity index (χ0) is 12.8. The van der Waals surface area contributed by atoms with Gasteiger partial charge in [0.15, 0.2) is 0 Å². The first-order valence-electron chi connectivity index (χ1n) is 7.01. The maximum absolute atomic E-state index is 5.37. The molecule has 0 aromatic heterocycles. The quantitative estimate of drug-likeness (QED) is 0.821. The first kappa shape index (κ1) is 12.0. The molecule has 18 heavy (non-hydrogen) atoms. The van der Waals surface area contributed by atoms with Crippen LogP contribution in [0.5, 0.6) is 5.75 Å². The Morgan fingerprint density at radius 3 is 2.72 bits per heavy atom. The van der Waals surface area contributed by atoms with E-state index in [-0.39, 0.29) is 5.54 Å². The smallest absolute Gasteiger partial charge is 0.119 e. The van der Waals surface area contributed by atoms with Gasteiger partial charge in [0, 0.05) is 11.0 Å². The molecule has 1 aliphatic heterocycles. The summed E-state index contributed by atoms with van der Waals surface area (Å²) in [5.74, 6) is 0.995. The number of hydrogen-bond acceptors (Lipinski definition) is 2. The van der Waals surface area contributed by atoms with Gasteiger partial charge in [0.1, 0.15) is 5.75 Å². The first-order chi connectivity index (χ1) is 8.59. The van der Waals surface area contributed by atoms with Crippen molar-refractivity contribution >= 4 is 0 Å². The third-order valence-corrected chi connectivity index (χ3v) is 5.19. The van der Waals surface area contributed by atoms with Crippen LogP contribution in [0, 0.1) is 0 Å². The number of methoxy groups -OCH3 is 1. The Hall–Kier alpha value is -1.02. The Morgan fingerprint density at radius 1 is 1.22 bits per heavy atom.